The predicted octanol–water partition coefficient (Wildman–Crippen LogP) is 1.93. The van der Waals surface area contributed by atoms with Crippen LogP contribution in [0, 0.1) is 6.92 Å². The summed E-state index contributed by atoms with van der Waals surface area (Å²) in [6.45, 7) is 2.99. The Kier molecular flexibility index (Phi) is 4.34. The maximum atomic E-state index is 5.94. The van der Waals surface area contributed by atoms with Gasteiger partial charge >= 0.3 is 0 Å². The highest BCUT2D eigenvalue weighted by atomic mass is 35.5. The van der Waals surface area contributed by atoms with Gasteiger partial charge < -0.3 is 10.1 Å². The van der Waals surface area contributed by atoms with Gasteiger partial charge in [-0.15, -0.1) is 0 Å². The molecule has 7 heteroatoms. The zero-order valence-corrected chi connectivity index (χ0v) is 11.9. The second kappa shape index (κ2) is 5.99. The van der Waals surface area contributed by atoms with Crippen LogP contribution in [0.15, 0.2) is 12.3 Å². The number of aromatic nitrogens is 4. The van der Waals surface area contributed by atoms with Gasteiger partial charge in [0, 0.05) is 38.0 Å². The minimum atomic E-state index is 0.334. The van der Waals surface area contributed by atoms with E-state index in [-0.39, 0.29) is 0 Å². The zero-order chi connectivity index (χ0) is 13.8. The number of hydrogen-bond acceptors (Lipinski definition) is 5. The van der Waals surface area contributed by atoms with E-state index in [0.717, 1.165) is 11.3 Å². The van der Waals surface area contributed by atoms with Gasteiger partial charge in [-0.1, -0.05) is 11.6 Å². The molecule has 0 bridgehead atoms. The average molecular weight is 282 g/mol. The Balaban J connectivity index is 2.08. The summed E-state index contributed by atoms with van der Waals surface area (Å²) in [5.41, 5.74) is 2.23. The third kappa shape index (κ3) is 3.42. The molecule has 1 N–H and O–H groups in total. The topological polar surface area (TPSA) is 64.9 Å². The van der Waals surface area contributed by atoms with Gasteiger partial charge in [0.2, 0.25) is 0 Å². The molecule has 0 saturated heterocycles. The van der Waals surface area contributed by atoms with Crippen LogP contribution in [0.5, 0.6) is 0 Å². The van der Waals surface area contributed by atoms with E-state index >= 15 is 0 Å². The Morgan fingerprint density at radius 3 is 2.84 bits per heavy atom. The molecule has 0 fully saturated rings. The number of rotatable bonds is 5. The minimum absolute atomic E-state index is 0.334. The molecular formula is C12H16ClN5O. The molecule has 0 aliphatic rings. The molecule has 2 aromatic rings. The third-order valence-corrected chi connectivity index (χ3v) is 3.01. The normalized spacial score (nSPS) is 10.7. The number of aryl methyl sites for hydroxylation is 1. The Bertz CT molecular complexity index is 569. The highest BCUT2D eigenvalue weighted by Crippen LogP contribution is 2.14. The molecule has 0 unspecified atom stereocenters. The molecule has 102 valence electrons. The van der Waals surface area contributed by atoms with Crippen molar-refractivity contribution in [1.29, 1.82) is 0 Å². The fraction of sp³-hybridized carbons (Fsp3) is 0.417. The molecular weight excluding hydrogens is 266 g/mol. The van der Waals surface area contributed by atoms with Crippen LogP contribution in [0.4, 0.5) is 5.82 Å². The van der Waals surface area contributed by atoms with Crippen molar-refractivity contribution in [2.24, 2.45) is 7.05 Å². The Labute approximate surface area is 116 Å². The first-order valence-corrected chi connectivity index (χ1v) is 6.21. The highest BCUT2D eigenvalue weighted by molar-refractivity contribution is 6.29. The quantitative estimate of drug-likeness (QED) is 0.849. The molecule has 2 aromatic heterocycles. The van der Waals surface area contributed by atoms with Crippen LogP contribution in [0.1, 0.15) is 17.1 Å². The Hall–Kier alpha value is -1.66. The van der Waals surface area contributed by atoms with Gasteiger partial charge in [-0.25, -0.2) is 9.97 Å². The van der Waals surface area contributed by atoms with Crippen LogP contribution in [-0.2, 0) is 24.9 Å². The minimum Gasteiger partial charge on any atom is -0.377 e. The smallest absolute Gasteiger partial charge is 0.158 e. The highest BCUT2D eigenvalue weighted by Gasteiger charge is 2.06. The summed E-state index contributed by atoms with van der Waals surface area (Å²) in [6, 6.07) is 1.69. The molecule has 6 nitrogen and oxygen atoms in total. The summed E-state index contributed by atoms with van der Waals surface area (Å²) < 4.78 is 6.83. The van der Waals surface area contributed by atoms with E-state index in [0.29, 0.717) is 29.9 Å². The zero-order valence-electron chi connectivity index (χ0n) is 11.1. The lowest BCUT2D eigenvalue weighted by atomic mass is 10.2. The summed E-state index contributed by atoms with van der Waals surface area (Å²) in [5, 5.41) is 7.80. The fourth-order valence-electron chi connectivity index (χ4n) is 1.65. The van der Waals surface area contributed by atoms with Crippen LogP contribution in [0.2, 0.25) is 5.15 Å². The monoisotopic (exact) mass is 281 g/mol. The van der Waals surface area contributed by atoms with Crippen LogP contribution < -0.4 is 5.32 Å². The van der Waals surface area contributed by atoms with Crippen molar-refractivity contribution in [2.45, 2.75) is 20.1 Å². The first-order valence-electron chi connectivity index (χ1n) is 5.84. The van der Waals surface area contributed by atoms with Crippen molar-refractivity contribution >= 4 is 17.4 Å². The lowest BCUT2D eigenvalue weighted by molar-refractivity contribution is 0.178. The lowest BCUT2D eigenvalue weighted by Gasteiger charge is -2.07. The Morgan fingerprint density at radius 2 is 2.21 bits per heavy atom. The second-order valence-corrected chi connectivity index (χ2v) is 4.54. The van der Waals surface area contributed by atoms with Gasteiger partial charge in [0.15, 0.2) is 5.82 Å². The van der Waals surface area contributed by atoms with E-state index in [4.69, 9.17) is 16.3 Å². The molecule has 2 heterocycles. The van der Waals surface area contributed by atoms with Crippen LogP contribution in [0.3, 0.4) is 0 Å². The van der Waals surface area contributed by atoms with E-state index < -0.39 is 0 Å². The molecule has 0 aliphatic heterocycles. The number of nitrogens with zero attached hydrogens (tertiary/aromatic N) is 4. The molecule has 0 amide bonds. The lowest BCUT2D eigenvalue weighted by Crippen LogP contribution is -2.06. The van der Waals surface area contributed by atoms with Crippen molar-refractivity contribution in [1.82, 2.24) is 19.7 Å². The van der Waals surface area contributed by atoms with Crippen molar-refractivity contribution in [3.05, 3.63) is 34.5 Å². The molecule has 0 saturated carbocycles. The molecule has 0 spiro atoms. The van der Waals surface area contributed by atoms with Crippen molar-refractivity contribution in [2.75, 3.05) is 12.4 Å². The maximum absolute atomic E-state index is 5.94. The van der Waals surface area contributed by atoms with Gasteiger partial charge in [0.05, 0.1) is 6.20 Å². The molecule has 2 rings (SSSR count). The first-order chi connectivity index (χ1) is 9.10. The number of nitrogens with one attached hydrogen (secondary N) is 1. The standard InChI is InChI=1S/C12H16ClN5O/c1-8-9(6-15-18(8)2)5-14-11-4-10(13)16-12(17-11)7-19-3/h4,6H,5,7H2,1-3H3,(H,14,16,17). The van der Waals surface area contributed by atoms with Crippen LogP contribution in [0.25, 0.3) is 0 Å². The van der Waals surface area contributed by atoms with Crippen LogP contribution >= 0.6 is 11.6 Å². The van der Waals surface area contributed by atoms with E-state index in [1.165, 1.54) is 0 Å². The SMILES string of the molecule is COCc1nc(Cl)cc(NCc2cnn(C)c2C)n1. The van der Waals surface area contributed by atoms with Gasteiger partial charge in [0.1, 0.15) is 17.6 Å². The second-order valence-electron chi connectivity index (χ2n) is 4.16. The number of hydrogen-bond donors (Lipinski definition) is 1. The number of anilines is 1. The Morgan fingerprint density at radius 1 is 1.42 bits per heavy atom. The van der Waals surface area contributed by atoms with Crippen molar-refractivity contribution < 1.29 is 4.74 Å². The van der Waals surface area contributed by atoms with Crippen LogP contribution in [-0.4, -0.2) is 26.9 Å². The molecule has 0 aliphatic carbocycles. The molecule has 19 heavy (non-hydrogen) atoms. The summed E-state index contributed by atoms with van der Waals surface area (Å²) in [6.07, 6.45) is 1.83. The third-order valence-electron chi connectivity index (χ3n) is 2.81. The van der Waals surface area contributed by atoms with Gasteiger partial charge in [-0.2, -0.15) is 5.10 Å². The van der Waals surface area contributed by atoms with Gasteiger partial charge in [-0.05, 0) is 6.92 Å². The van der Waals surface area contributed by atoms with E-state index in [1.807, 2.05) is 24.9 Å². The summed E-state index contributed by atoms with van der Waals surface area (Å²) in [5.74, 6) is 1.23. The molecule has 0 atom stereocenters. The van der Waals surface area contributed by atoms with Gasteiger partial charge in [0.25, 0.3) is 0 Å². The first kappa shape index (κ1) is 13.8. The van der Waals surface area contributed by atoms with Crippen molar-refractivity contribution in [3.8, 4) is 0 Å². The van der Waals surface area contributed by atoms with E-state index in [1.54, 1.807) is 13.2 Å². The van der Waals surface area contributed by atoms with E-state index in [9.17, 15) is 0 Å². The average Bonchev–Trinajstić information content (AvgIpc) is 2.67. The largest absolute Gasteiger partial charge is 0.377 e. The summed E-state index contributed by atoms with van der Waals surface area (Å²) in [7, 11) is 3.51. The van der Waals surface area contributed by atoms with E-state index in [2.05, 4.69) is 20.4 Å². The fourth-order valence-corrected chi connectivity index (χ4v) is 1.85. The maximum Gasteiger partial charge on any atom is 0.158 e. The number of halogens is 1. The molecule has 0 radical (unpaired) electrons. The summed E-state index contributed by atoms with van der Waals surface area (Å²) >= 11 is 5.94. The van der Waals surface area contributed by atoms with Crippen molar-refractivity contribution in [3.63, 3.8) is 0 Å². The predicted molar refractivity (Wildman–Crippen MR) is 73.0 cm³/mol. The van der Waals surface area contributed by atoms with Gasteiger partial charge in [-0.3, -0.25) is 4.68 Å². The summed E-state index contributed by atoms with van der Waals surface area (Å²) in [4.78, 5) is 8.39. The number of methoxy groups -OCH3 is 1. The molecule has 0 aromatic carbocycles. The number of ether oxygens (including phenoxy) is 1.